The second kappa shape index (κ2) is 6.15. The van der Waals surface area contributed by atoms with Crippen LogP contribution in [-0.2, 0) is 17.2 Å². The Morgan fingerprint density at radius 2 is 1.13 bits per heavy atom. The lowest BCUT2D eigenvalue weighted by Gasteiger charge is -2.40. The number of halogens is 2. The fraction of sp³-hybridized carbons (Fsp3) is 0.429. The molecule has 0 aliphatic heterocycles. The summed E-state index contributed by atoms with van der Waals surface area (Å²) < 4.78 is 0. The minimum absolute atomic E-state index is 0.0226. The Bertz CT molecular complexity index is 665. The molecule has 122 valence electrons. The first-order chi connectivity index (χ1) is 11.0. The number of hydrogen-bond acceptors (Lipinski definition) is 0. The van der Waals surface area contributed by atoms with E-state index in [-0.39, 0.29) is 5.41 Å². The van der Waals surface area contributed by atoms with Gasteiger partial charge in [-0.15, -0.1) is 23.2 Å². The maximum absolute atomic E-state index is 6.12. The van der Waals surface area contributed by atoms with Crippen molar-refractivity contribution in [2.24, 2.45) is 11.8 Å². The third-order valence-electron chi connectivity index (χ3n) is 5.48. The van der Waals surface area contributed by atoms with Gasteiger partial charge in [0.25, 0.3) is 0 Å². The van der Waals surface area contributed by atoms with Gasteiger partial charge in [-0.05, 0) is 45.2 Å². The van der Waals surface area contributed by atoms with E-state index in [0.717, 1.165) is 0 Å². The van der Waals surface area contributed by atoms with Crippen molar-refractivity contribution in [3.05, 3.63) is 58.7 Å². The molecule has 0 radical (unpaired) electrons. The van der Waals surface area contributed by atoms with Gasteiger partial charge in [0, 0.05) is 17.2 Å². The van der Waals surface area contributed by atoms with Crippen molar-refractivity contribution in [1.82, 2.24) is 0 Å². The van der Waals surface area contributed by atoms with Gasteiger partial charge in [0.05, 0.1) is 0 Å². The van der Waals surface area contributed by atoms with Crippen LogP contribution in [0.3, 0.4) is 0 Å². The molecule has 0 spiro atoms. The number of fused-ring (bicyclic) bond motifs is 3. The first-order valence-corrected chi connectivity index (χ1v) is 9.42. The highest BCUT2D eigenvalue weighted by atomic mass is 35.5. The van der Waals surface area contributed by atoms with Crippen LogP contribution in [0.15, 0.2) is 36.4 Å². The van der Waals surface area contributed by atoms with Crippen LogP contribution in [0.4, 0.5) is 0 Å². The molecule has 2 aromatic rings. The van der Waals surface area contributed by atoms with Crippen LogP contribution >= 0.6 is 23.2 Å². The van der Waals surface area contributed by atoms with Crippen molar-refractivity contribution in [3.63, 3.8) is 0 Å². The van der Waals surface area contributed by atoms with E-state index >= 15 is 0 Å². The molecule has 2 heteroatoms. The van der Waals surface area contributed by atoms with Crippen LogP contribution in [0.25, 0.3) is 11.1 Å². The van der Waals surface area contributed by atoms with Crippen molar-refractivity contribution in [2.75, 3.05) is 0 Å². The molecule has 0 unspecified atom stereocenters. The van der Waals surface area contributed by atoms with Gasteiger partial charge in [-0.1, -0.05) is 64.1 Å². The van der Waals surface area contributed by atoms with E-state index in [2.05, 4.69) is 64.1 Å². The molecular weight excluding hydrogens is 323 g/mol. The molecule has 1 aliphatic rings. The molecule has 1 aliphatic carbocycles. The summed E-state index contributed by atoms with van der Waals surface area (Å²) in [6, 6.07) is 13.5. The lowest BCUT2D eigenvalue weighted by molar-refractivity contribution is 0.280. The van der Waals surface area contributed by atoms with Crippen molar-refractivity contribution >= 4 is 23.2 Å². The van der Waals surface area contributed by atoms with Gasteiger partial charge in [-0.2, -0.15) is 0 Å². The van der Waals surface area contributed by atoms with Gasteiger partial charge in [0.2, 0.25) is 0 Å². The van der Waals surface area contributed by atoms with Gasteiger partial charge in [0.15, 0.2) is 0 Å². The summed E-state index contributed by atoms with van der Waals surface area (Å²) in [5, 5.41) is 0. The molecule has 2 aromatic carbocycles. The average molecular weight is 347 g/mol. The summed E-state index contributed by atoms with van der Waals surface area (Å²) in [6.45, 7) is 9.33. The zero-order valence-corrected chi connectivity index (χ0v) is 15.8. The monoisotopic (exact) mass is 346 g/mol. The Morgan fingerprint density at radius 3 is 1.43 bits per heavy atom. The van der Waals surface area contributed by atoms with Crippen LogP contribution in [0.1, 0.15) is 49.9 Å². The molecular formula is C21H24Cl2. The van der Waals surface area contributed by atoms with Crippen molar-refractivity contribution in [1.29, 1.82) is 0 Å². The summed E-state index contributed by atoms with van der Waals surface area (Å²) in [5.74, 6) is 2.11. The number of benzene rings is 2. The van der Waals surface area contributed by atoms with Gasteiger partial charge in [-0.3, -0.25) is 0 Å². The van der Waals surface area contributed by atoms with Crippen LogP contribution in [-0.4, -0.2) is 0 Å². The third kappa shape index (κ3) is 2.34. The molecule has 0 nitrogen and oxygen atoms in total. The lowest BCUT2D eigenvalue weighted by atomic mass is 9.62. The van der Waals surface area contributed by atoms with E-state index in [1.807, 2.05) is 0 Å². The Hall–Kier alpha value is -0.980. The zero-order chi connectivity index (χ0) is 16.8. The van der Waals surface area contributed by atoms with E-state index in [1.165, 1.54) is 33.4 Å². The SMILES string of the molecule is CC(C)C1(C(C)C)c2cc(CCl)ccc2-c2ccc(CCl)cc21. The maximum Gasteiger partial charge on any atom is 0.0474 e. The molecule has 0 saturated carbocycles. The van der Waals surface area contributed by atoms with E-state index in [1.54, 1.807) is 0 Å². The maximum atomic E-state index is 6.12. The summed E-state index contributed by atoms with van der Waals surface area (Å²) in [5.41, 5.74) is 8.00. The summed E-state index contributed by atoms with van der Waals surface area (Å²) in [4.78, 5) is 0. The normalized spacial score (nSPS) is 15.1. The summed E-state index contributed by atoms with van der Waals surface area (Å²) in [6.07, 6.45) is 0. The van der Waals surface area contributed by atoms with E-state index in [0.29, 0.717) is 23.6 Å². The average Bonchev–Trinajstić information content (AvgIpc) is 2.84. The molecule has 0 saturated heterocycles. The summed E-state index contributed by atoms with van der Waals surface area (Å²) in [7, 11) is 0. The Balaban J connectivity index is 2.39. The van der Waals surface area contributed by atoms with Crippen molar-refractivity contribution < 1.29 is 0 Å². The fourth-order valence-corrected chi connectivity index (χ4v) is 4.89. The summed E-state index contributed by atoms with van der Waals surface area (Å²) >= 11 is 12.2. The first kappa shape index (κ1) is 16.9. The molecule has 0 amide bonds. The highest BCUT2D eigenvalue weighted by molar-refractivity contribution is 6.17. The minimum Gasteiger partial charge on any atom is -0.122 e. The van der Waals surface area contributed by atoms with Crippen LogP contribution in [0.2, 0.25) is 0 Å². The van der Waals surface area contributed by atoms with Crippen LogP contribution in [0.5, 0.6) is 0 Å². The third-order valence-corrected chi connectivity index (χ3v) is 6.10. The fourth-order valence-electron chi connectivity index (χ4n) is 4.56. The highest BCUT2D eigenvalue weighted by Gasteiger charge is 2.47. The van der Waals surface area contributed by atoms with E-state index in [4.69, 9.17) is 23.2 Å². The number of rotatable bonds is 4. The predicted molar refractivity (Wildman–Crippen MR) is 101 cm³/mol. The largest absolute Gasteiger partial charge is 0.122 e. The lowest BCUT2D eigenvalue weighted by Crippen LogP contribution is -2.37. The predicted octanol–water partition coefficient (Wildman–Crippen LogP) is 6.74. The second-order valence-corrected chi connectivity index (χ2v) is 7.74. The number of alkyl halides is 2. The number of hydrogen-bond donors (Lipinski definition) is 0. The second-order valence-electron chi connectivity index (χ2n) is 7.21. The molecule has 0 fully saturated rings. The highest BCUT2D eigenvalue weighted by Crippen LogP contribution is 2.56. The minimum atomic E-state index is 0.0226. The first-order valence-electron chi connectivity index (χ1n) is 8.35. The quantitative estimate of drug-likeness (QED) is 0.537. The van der Waals surface area contributed by atoms with Crippen molar-refractivity contribution in [3.8, 4) is 11.1 Å². The van der Waals surface area contributed by atoms with Gasteiger partial charge in [0.1, 0.15) is 0 Å². The Morgan fingerprint density at radius 1 is 0.739 bits per heavy atom. The van der Waals surface area contributed by atoms with E-state index in [9.17, 15) is 0 Å². The molecule has 23 heavy (non-hydrogen) atoms. The zero-order valence-electron chi connectivity index (χ0n) is 14.3. The molecule has 0 bridgehead atoms. The molecule has 3 rings (SSSR count). The molecule has 0 aromatic heterocycles. The molecule has 0 atom stereocenters. The Kier molecular flexibility index (Phi) is 4.51. The molecule has 0 heterocycles. The Labute approximate surface area is 149 Å². The smallest absolute Gasteiger partial charge is 0.0474 e. The van der Waals surface area contributed by atoms with Crippen molar-refractivity contribution in [2.45, 2.75) is 44.9 Å². The molecule has 0 N–H and O–H groups in total. The van der Waals surface area contributed by atoms with Crippen LogP contribution < -0.4 is 0 Å². The van der Waals surface area contributed by atoms with Gasteiger partial charge >= 0.3 is 0 Å². The van der Waals surface area contributed by atoms with Gasteiger partial charge < -0.3 is 0 Å². The topological polar surface area (TPSA) is 0 Å². The van der Waals surface area contributed by atoms with Gasteiger partial charge in [-0.25, -0.2) is 0 Å². The standard InChI is InChI=1S/C21H24Cl2/c1-13(2)21(14(3)4)19-9-15(11-22)5-7-17(19)18-8-6-16(12-23)10-20(18)21/h5-10,13-14H,11-12H2,1-4H3. The van der Waals surface area contributed by atoms with E-state index < -0.39 is 0 Å². The van der Waals surface area contributed by atoms with Crippen LogP contribution in [0, 0.1) is 11.8 Å².